The maximum atomic E-state index is 12.8. The van der Waals surface area contributed by atoms with Crippen molar-refractivity contribution < 1.29 is 18.7 Å². The maximum absolute atomic E-state index is 12.8. The Morgan fingerprint density at radius 3 is 2.71 bits per heavy atom. The summed E-state index contributed by atoms with van der Waals surface area (Å²) in [5.41, 5.74) is 0.995. The lowest BCUT2D eigenvalue weighted by molar-refractivity contribution is -0.119. The van der Waals surface area contributed by atoms with Crippen molar-refractivity contribution in [2.75, 3.05) is 18.9 Å². The van der Waals surface area contributed by atoms with Gasteiger partial charge < -0.3 is 14.8 Å². The molecule has 4 nitrogen and oxygen atoms in total. The molecule has 1 heterocycles. The van der Waals surface area contributed by atoms with Crippen LogP contribution in [0.5, 0.6) is 11.5 Å². The molecule has 0 saturated heterocycles. The Morgan fingerprint density at radius 2 is 1.92 bits per heavy atom. The van der Waals surface area contributed by atoms with Crippen LogP contribution in [0.15, 0.2) is 48.5 Å². The molecule has 3 rings (SSSR count). The van der Waals surface area contributed by atoms with E-state index >= 15 is 0 Å². The summed E-state index contributed by atoms with van der Waals surface area (Å²) in [6, 6.07) is 13.8. The van der Waals surface area contributed by atoms with Crippen LogP contribution >= 0.6 is 11.8 Å². The molecule has 0 aliphatic carbocycles. The number of hydrogen-bond donors (Lipinski definition) is 1. The highest BCUT2D eigenvalue weighted by Gasteiger charge is 2.20. The van der Waals surface area contributed by atoms with Crippen LogP contribution in [0.1, 0.15) is 5.56 Å². The number of hydrogen-bond acceptors (Lipinski definition) is 4. The number of thioether (sulfide) groups is 1. The molecule has 1 atom stereocenters. The van der Waals surface area contributed by atoms with Crippen LogP contribution in [0.3, 0.4) is 0 Å². The fourth-order valence-electron chi connectivity index (χ4n) is 2.28. The minimum atomic E-state index is -0.252. The van der Waals surface area contributed by atoms with E-state index in [1.54, 1.807) is 12.1 Å². The van der Waals surface area contributed by atoms with Gasteiger partial charge in [0.25, 0.3) is 0 Å². The lowest BCUT2D eigenvalue weighted by Gasteiger charge is -2.26. The number of fused-ring (bicyclic) bond motifs is 1. The number of carbonyl (C=O) groups excluding carboxylic acids is 1. The Kier molecular flexibility index (Phi) is 5.59. The van der Waals surface area contributed by atoms with Crippen molar-refractivity contribution in [3.05, 3.63) is 59.9 Å². The Balaban J connectivity index is 1.36. The van der Waals surface area contributed by atoms with E-state index in [1.165, 1.54) is 23.9 Å². The number of rotatable bonds is 6. The molecular weight excluding hydrogens is 329 g/mol. The number of benzene rings is 2. The number of amides is 1. The van der Waals surface area contributed by atoms with Crippen molar-refractivity contribution in [3.8, 4) is 11.5 Å². The Labute approximate surface area is 144 Å². The molecule has 2 aromatic rings. The predicted octanol–water partition coefficient (Wildman–Crippen LogP) is 3.02. The van der Waals surface area contributed by atoms with Crippen molar-refractivity contribution in [1.82, 2.24) is 5.32 Å². The van der Waals surface area contributed by atoms with Gasteiger partial charge in [-0.3, -0.25) is 4.79 Å². The predicted molar refractivity (Wildman–Crippen MR) is 91.9 cm³/mol. The van der Waals surface area contributed by atoms with Gasteiger partial charge in [0.1, 0.15) is 18.5 Å². The van der Waals surface area contributed by atoms with Gasteiger partial charge in [-0.2, -0.15) is 0 Å². The van der Waals surface area contributed by atoms with Crippen molar-refractivity contribution in [1.29, 1.82) is 0 Å². The van der Waals surface area contributed by atoms with Crippen LogP contribution in [0.2, 0.25) is 0 Å². The molecule has 1 aliphatic rings. The van der Waals surface area contributed by atoms with Gasteiger partial charge in [0.2, 0.25) is 5.91 Å². The molecular formula is C18H18FNO3S. The van der Waals surface area contributed by atoms with Crippen LogP contribution in [0.4, 0.5) is 4.39 Å². The largest absolute Gasteiger partial charge is 0.486 e. The zero-order valence-corrected chi connectivity index (χ0v) is 13.9. The quantitative estimate of drug-likeness (QED) is 0.873. The third kappa shape index (κ3) is 4.64. The first-order valence-electron chi connectivity index (χ1n) is 7.68. The summed E-state index contributed by atoms with van der Waals surface area (Å²) >= 11 is 1.49. The highest BCUT2D eigenvalue weighted by molar-refractivity contribution is 7.99. The minimum absolute atomic E-state index is 0.0513. The third-order valence-electron chi connectivity index (χ3n) is 3.51. The first-order valence-corrected chi connectivity index (χ1v) is 8.83. The van der Waals surface area contributed by atoms with Crippen molar-refractivity contribution in [2.45, 2.75) is 11.9 Å². The van der Waals surface area contributed by atoms with E-state index in [1.807, 2.05) is 24.3 Å². The van der Waals surface area contributed by atoms with Gasteiger partial charge in [0, 0.05) is 5.75 Å². The zero-order valence-electron chi connectivity index (χ0n) is 13.0. The normalized spacial score (nSPS) is 15.8. The van der Waals surface area contributed by atoms with E-state index in [0.717, 1.165) is 11.3 Å². The Hall–Kier alpha value is -2.21. The summed E-state index contributed by atoms with van der Waals surface area (Å²) in [7, 11) is 0. The molecule has 1 aliphatic heterocycles. The van der Waals surface area contributed by atoms with Gasteiger partial charge in [-0.25, -0.2) is 4.39 Å². The van der Waals surface area contributed by atoms with E-state index in [2.05, 4.69) is 5.32 Å². The third-order valence-corrected chi connectivity index (χ3v) is 4.51. The number of para-hydroxylation sites is 2. The Bertz CT molecular complexity index is 693. The van der Waals surface area contributed by atoms with E-state index in [-0.39, 0.29) is 17.8 Å². The molecule has 6 heteroatoms. The molecule has 0 radical (unpaired) electrons. The van der Waals surface area contributed by atoms with E-state index in [0.29, 0.717) is 30.4 Å². The molecule has 0 bridgehead atoms. The van der Waals surface area contributed by atoms with Crippen LogP contribution < -0.4 is 14.8 Å². The topological polar surface area (TPSA) is 47.6 Å². The van der Waals surface area contributed by atoms with Crippen LogP contribution in [0.25, 0.3) is 0 Å². The summed E-state index contributed by atoms with van der Waals surface area (Å²) in [4.78, 5) is 11.9. The highest BCUT2D eigenvalue weighted by Crippen LogP contribution is 2.30. The lowest BCUT2D eigenvalue weighted by Crippen LogP contribution is -2.41. The minimum Gasteiger partial charge on any atom is -0.486 e. The number of halogens is 1. The lowest BCUT2D eigenvalue weighted by atomic mass is 10.2. The van der Waals surface area contributed by atoms with E-state index in [9.17, 15) is 9.18 Å². The second kappa shape index (κ2) is 8.06. The SMILES string of the molecule is O=C(CSCc1ccc(F)cc1)NCC1COc2ccccc2O1. The number of ether oxygens (including phenoxy) is 2. The van der Waals surface area contributed by atoms with Crippen molar-refractivity contribution in [3.63, 3.8) is 0 Å². The van der Waals surface area contributed by atoms with Gasteiger partial charge in [0.15, 0.2) is 11.5 Å². The molecule has 2 aromatic carbocycles. The first-order chi connectivity index (χ1) is 11.7. The molecule has 24 heavy (non-hydrogen) atoms. The molecule has 126 valence electrons. The average molecular weight is 347 g/mol. The maximum Gasteiger partial charge on any atom is 0.230 e. The fourth-order valence-corrected chi connectivity index (χ4v) is 3.10. The molecule has 0 aromatic heterocycles. The first kappa shape index (κ1) is 16.6. The second-order valence-electron chi connectivity index (χ2n) is 5.42. The summed E-state index contributed by atoms with van der Waals surface area (Å²) in [6.45, 7) is 0.824. The molecule has 1 N–H and O–H groups in total. The van der Waals surface area contributed by atoms with E-state index in [4.69, 9.17) is 9.47 Å². The summed E-state index contributed by atoms with van der Waals surface area (Å²) in [5.74, 6) is 2.15. The monoisotopic (exact) mass is 347 g/mol. The summed E-state index contributed by atoms with van der Waals surface area (Å²) in [6.07, 6.45) is -0.189. The van der Waals surface area contributed by atoms with E-state index < -0.39 is 0 Å². The molecule has 0 saturated carbocycles. The van der Waals surface area contributed by atoms with Gasteiger partial charge in [0.05, 0.1) is 12.3 Å². The van der Waals surface area contributed by atoms with Gasteiger partial charge in [-0.15, -0.1) is 11.8 Å². The van der Waals surface area contributed by atoms with Crippen molar-refractivity contribution >= 4 is 17.7 Å². The molecule has 0 fully saturated rings. The van der Waals surface area contributed by atoms with Gasteiger partial charge >= 0.3 is 0 Å². The standard InChI is InChI=1S/C18H18FNO3S/c19-14-7-5-13(6-8-14)11-24-12-18(21)20-9-15-10-22-16-3-1-2-4-17(16)23-15/h1-8,15H,9-12H2,(H,20,21). The second-order valence-corrected chi connectivity index (χ2v) is 6.41. The number of nitrogens with one attached hydrogen (secondary N) is 1. The smallest absolute Gasteiger partial charge is 0.230 e. The van der Waals surface area contributed by atoms with Gasteiger partial charge in [-0.1, -0.05) is 24.3 Å². The fraction of sp³-hybridized carbons (Fsp3) is 0.278. The van der Waals surface area contributed by atoms with Crippen LogP contribution in [-0.2, 0) is 10.5 Å². The Morgan fingerprint density at radius 1 is 1.17 bits per heavy atom. The summed E-state index contributed by atoms with van der Waals surface area (Å²) < 4.78 is 24.2. The summed E-state index contributed by atoms with van der Waals surface area (Å²) in [5, 5.41) is 2.85. The molecule has 1 amide bonds. The zero-order chi connectivity index (χ0) is 16.8. The molecule has 1 unspecified atom stereocenters. The average Bonchev–Trinajstić information content (AvgIpc) is 2.61. The van der Waals surface area contributed by atoms with Crippen LogP contribution in [0, 0.1) is 5.82 Å². The highest BCUT2D eigenvalue weighted by atomic mass is 32.2. The van der Waals surface area contributed by atoms with Crippen molar-refractivity contribution in [2.24, 2.45) is 0 Å². The van der Waals surface area contributed by atoms with Gasteiger partial charge in [-0.05, 0) is 29.8 Å². The molecule has 0 spiro atoms. The van der Waals surface area contributed by atoms with Crippen LogP contribution in [-0.4, -0.2) is 30.9 Å². The number of carbonyl (C=O) groups is 1.